The first-order valence-corrected chi connectivity index (χ1v) is 6.83. The number of ether oxygens (including phenoxy) is 1. The molecule has 0 aliphatic heterocycles. The van der Waals surface area contributed by atoms with E-state index in [2.05, 4.69) is 10.1 Å². The molecule has 1 N–H and O–H groups in total. The van der Waals surface area contributed by atoms with E-state index in [1.807, 2.05) is 24.3 Å². The Bertz CT molecular complexity index is 879. The van der Waals surface area contributed by atoms with E-state index in [0.717, 1.165) is 11.4 Å². The van der Waals surface area contributed by atoms with Crippen LogP contribution in [0.5, 0.6) is 5.75 Å². The minimum Gasteiger partial charge on any atom is -0.497 e. The molecule has 0 radical (unpaired) electrons. The van der Waals surface area contributed by atoms with E-state index in [-0.39, 0.29) is 10.5 Å². The third kappa shape index (κ3) is 2.10. The summed E-state index contributed by atoms with van der Waals surface area (Å²) in [5.74, 6) is 0.764. The maximum Gasteiger partial charge on any atom is 0.211 e. The van der Waals surface area contributed by atoms with Crippen LogP contribution in [0, 0.1) is 13.8 Å². The van der Waals surface area contributed by atoms with Crippen molar-refractivity contribution in [2.75, 3.05) is 7.11 Å². The van der Waals surface area contributed by atoms with Gasteiger partial charge in [0.15, 0.2) is 0 Å². The Labute approximate surface area is 126 Å². The quantitative estimate of drug-likeness (QED) is 0.791. The predicted molar refractivity (Wildman–Crippen MR) is 82.7 cm³/mol. The summed E-state index contributed by atoms with van der Waals surface area (Å²) >= 11 is 6.03. The Balaban J connectivity index is 2.30. The van der Waals surface area contributed by atoms with Crippen LogP contribution in [0.2, 0.25) is 5.02 Å². The highest BCUT2D eigenvalue weighted by atomic mass is 35.5. The molecule has 0 atom stereocenters. The number of aromatic amines is 1. The second-order valence-corrected chi connectivity index (χ2v) is 5.19. The van der Waals surface area contributed by atoms with Gasteiger partial charge in [-0.3, -0.25) is 4.79 Å². The molecule has 108 valence electrons. The van der Waals surface area contributed by atoms with Gasteiger partial charge in [-0.25, -0.2) is 4.68 Å². The molecule has 0 aliphatic carbocycles. The molecule has 0 unspecified atom stereocenters. The fraction of sp³-hybridized carbons (Fsp3) is 0.200. The first kappa shape index (κ1) is 13.7. The van der Waals surface area contributed by atoms with Gasteiger partial charge in [0.2, 0.25) is 5.43 Å². The maximum atomic E-state index is 12.3. The van der Waals surface area contributed by atoms with E-state index >= 15 is 0 Å². The Morgan fingerprint density at radius 2 is 1.90 bits per heavy atom. The molecule has 0 saturated heterocycles. The van der Waals surface area contributed by atoms with E-state index in [1.54, 1.807) is 25.6 Å². The summed E-state index contributed by atoms with van der Waals surface area (Å²) in [6.45, 7) is 3.56. The number of aryl methyl sites for hydroxylation is 2. The van der Waals surface area contributed by atoms with Crippen molar-refractivity contribution in [2.24, 2.45) is 0 Å². The molecule has 3 aromatic rings. The zero-order valence-electron chi connectivity index (χ0n) is 11.9. The lowest BCUT2D eigenvalue weighted by atomic mass is 10.2. The SMILES string of the molecule is COc1ccc(-n2nc(C)c3c(=O)c(Cl)c(C)[nH]c32)cc1. The summed E-state index contributed by atoms with van der Waals surface area (Å²) in [7, 11) is 1.62. The molecule has 0 aliphatic rings. The van der Waals surface area contributed by atoms with Gasteiger partial charge in [-0.15, -0.1) is 0 Å². The van der Waals surface area contributed by atoms with Gasteiger partial charge < -0.3 is 9.72 Å². The van der Waals surface area contributed by atoms with Crippen molar-refractivity contribution in [3.8, 4) is 11.4 Å². The summed E-state index contributed by atoms with van der Waals surface area (Å²) in [5, 5.41) is 5.17. The third-order valence-electron chi connectivity index (χ3n) is 3.44. The fourth-order valence-corrected chi connectivity index (χ4v) is 2.48. The van der Waals surface area contributed by atoms with Crippen LogP contribution in [0.25, 0.3) is 16.7 Å². The number of pyridine rings is 1. The van der Waals surface area contributed by atoms with E-state index in [1.165, 1.54) is 0 Å². The summed E-state index contributed by atoms with van der Waals surface area (Å²) in [5.41, 5.74) is 2.56. The largest absolute Gasteiger partial charge is 0.497 e. The van der Waals surface area contributed by atoms with Crippen molar-refractivity contribution < 1.29 is 4.74 Å². The minimum absolute atomic E-state index is 0.194. The Morgan fingerprint density at radius 1 is 1.24 bits per heavy atom. The zero-order chi connectivity index (χ0) is 15.1. The number of aromatic nitrogens is 3. The van der Waals surface area contributed by atoms with Gasteiger partial charge in [0.05, 0.1) is 23.9 Å². The number of benzene rings is 1. The van der Waals surface area contributed by atoms with Gasteiger partial charge in [-0.05, 0) is 38.1 Å². The van der Waals surface area contributed by atoms with Crippen molar-refractivity contribution in [3.63, 3.8) is 0 Å². The lowest BCUT2D eigenvalue weighted by Gasteiger charge is -2.06. The first-order chi connectivity index (χ1) is 10.0. The molecule has 0 fully saturated rings. The molecular weight excluding hydrogens is 290 g/mol. The molecule has 0 saturated carbocycles. The van der Waals surface area contributed by atoms with E-state index in [0.29, 0.717) is 22.4 Å². The van der Waals surface area contributed by atoms with Gasteiger partial charge in [-0.2, -0.15) is 5.10 Å². The molecular formula is C15H14ClN3O2. The molecule has 3 rings (SSSR count). The van der Waals surface area contributed by atoms with E-state index < -0.39 is 0 Å². The zero-order valence-corrected chi connectivity index (χ0v) is 12.7. The van der Waals surface area contributed by atoms with Gasteiger partial charge in [0, 0.05) is 5.69 Å². The average molecular weight is 304 g/mol. The number of halogens is 1. The molecule has 1 aromatic carbocycles. The molecule has 0 amide bonds. The van der Waals surface area contributed by atoms with Gasteiger partial charge >= 0.3 is 0 Å². The van der Waals surface area contributed by atoms with Crippen LogP contribution in [0.1, 0.15) is 11.4 Å². The molecule has 2 aromatic heterocycles. The highest BCUT2D eigenvalue weighted by Crippen LogP contribution is 2.22. The number of fused-ring (bicyclic) bond motifs is 1. The molecule has 2 heterocycles. The summed E-state index contributed by atoms with van der Waals surface area (Å²) in [6, 6.07) is 7.46. The van der Waals surface area contributed by atoms with E-state index in [9.17, 15) is 4.79 Å². The Hall–Kier alpha value is -2.27. The van der Waals surface area contributed by atoms with Crippen LogP contribution in [-0.4, -0.2) is 21.9 Å². The number of rotatable bonds is 2. The molecule has 21 heavy (non-hydrogen) atoms. The predicted octanol–water partition coefficient (Wildman–Crippen LogP) is 2.99. The summed E-state index contributed by atoms with van der Waals surface area (Å²) < 4.78 is 6.85. The third-order valence-corrected chi connectivity index (χ3v) is 3.89. The smallest absolute Gasteiger partial charge is 0.211 e. The number of methoxy groups -OCH3 is 1. The number of hydrogen-bond donors (Lipinski definition) is 1. The second-order valence-electron chi connectivity index (χ2n) is 4.81. The number of nitrogens with one attached hydrogen (secondary N) is 1. The highest BCUT2D eigenvalue weighted by Gasteiger charge is 2.16. The van der Waals surface area contributed by atoms with Crippen LogP contribution >= 0.6 is 11.6 Å². The van der Waals surface area contributed by atoms with Crippen LogP contribution < -0.4 is 10.2 Å². The second kappa shape index (κ2) is 4.93. The first-order valence-electron chi connectivity index (χ1n) is 6.45. The Morgan fingerprint density at radius 3 is 2.52 bits per heavy atom. The maximum absolute atomic E-state index is 12.3. The lowest BCUT2D eigenvalue weighted by molar-refractivity contribution is 0.414. The van der Waals surface area contributed by atoms with Crippen molar-refractivity contribution in [3.05, 3.63) is 50.9 Å². The Kier molecular flexibility index (Phi) is 3.22. The molecule has 6 heteroatoms. The standard InChI is InChI=1S/C15H14ClN3O2/c1-8-12-14(20)13(16)9(2)17-15(12)19(18-8)10-4-6-11(21-3)7-5-10/h4-7H,1-3H3,(H,17,20). The number of hydrogen-bond acceptors (Lipinski definition) is 3. The number of H-pyrrole nitrogens is 1. The monoisotopic (exact) mass is 303 g/mol. The average Bonchev–Trinajstić information content (AvgIpc) is 2.81. The van der Waals surface area contributed by atoms with Crippen LogP contribution in [0.15, 0.2) is 29.1 Å². The minimum atomic E-state index is -0.194. The topological polar surface area (TPSA) is 59.9 Å². The fourth-order valence-electron chi connectivity index (χ4n) is 2.34. The molecule has 0 bridgehead atoms. The van der Waals surface area contributed by atoms with Crippen molar-refractivity contribution in [1.82, 2.24) is 14.8 Å². The normalized spacial score (nSPS) is 11.0. The molecule has 0 spiro atoms. The van der Waals surface area contributed by atoms with E-state index in [4.69, 9.17) is 16.3 Å². The lowest BCUT2D eigenvalue weighted by Crippen LogP contribution is -2.07. The van der Waals surface area contributed by atoms with Crippen molar-refractivity contribution in [2.45, 2.75) is 13.8 Å². The highest BCUT2D eigenvalue weighted by molar-refractivity contribution is 6.31. The van der Waals surface area contributed by atoms with Crippen molar-refractivity contribution in [1.29, 1.82) is 0 Å². The van der Waals surface area contributed by atoms with Gasteiger partial charge in [-0.1, -0.05) is 11.6 Å². The summed E-state index contributed by atoms with van der Waals surface area (Å²) in [4.78, 5) is 15.4. The summed E-state index contributed by atoms with van der Waals surface area (Å²) in [6.07, 6.45) is 0. The number of nitrogens with zero attached hydrogens (tertiary/aromatic N) is 2. The van der Waals surface area contributed by atoms with Crippen LogP contribution in [0.3, 0.4) is 0 Å². The molecule has 5 nitrogen and oxygen atoms in total. The van der Waals surface area contributed by atoms with Gasteiger partial charge in [0.1, 0.15) is 16.4 Å². The van der Waals surface area contributed by atoms with Crippen LogP contribution in [0.4, 0.5) is 0 Å². The van der Waals surface area contributed by atoms with Crippen LogP contribution in [-0.2, 0) is 0 Å². The van der Waals surface area contributed by atoms with Gasteiger partial charge in [0.25, 0.3) is 0 Å². The van der Waals surface area contributed by atoms with Crippen molar-refractivity contribution >= 4 is 22.6 Å².